The molecular weight excluding hydrogens is 549 g/mol. The number of carboxylic acids is 2. The van der Waals surface area contributed by atoms with Crippen molar-refractivity contribution in [2.75, 3.05) is 11.4 Å². The molecule has 2 N–H and O–H groups in total. The first-order valence-corrected chi connectivity index (χ1v) is 10.5. The Balaban J connectivity index is 0.000000317. The molecule has 4 rings (SSSR count). The average Bonchev–Trinajstić information content (AvgIpc) is 3.28. The van der Waals surface area contributed by atoms with Crippen LogP contribution in [0.25, 0.3) is 0 Å². The van der Waals surface area contributed by atoms with Crippen LogP contribution >= 0.6 is 0 Å². The molecule has 18 heteroatoms. The molecule has 1 atom stereocenters. The summed E-state index contributed by atoms with van der Waals surface area (Å²) in [6.45, 7) is 3.93. The quantitative estimate of drug-likeness (QED) is 0.448. The molecule has 0 amide bonds. The summed E-state index contributed by atoms with van der Waals surface area (Å²) in [5.74, 6) is -3.80. The lowest BCUT2D eigenvalue weighted by Crippen LogP contribution is -2.38. The summed E-state index contributed by atoms with van der Waals surface area (Å²) in [4.78, 5) is 36.5. The maximum atomic E-state index is 13.0. The van der Waals surface area contributed by atoms with Gasteiger partial charge in [-0.1, -0.05) is 0 Å². The summed E-state index contributed by atoms with van der Waals surface area (Å²) < 4.78 is 84.4. The Morgan fingerprint density at radius 3 is 2.03 bits per heavy atom. The van der Waals surface area contributed by atoms with Crippen LogP contribution in [-0.2, 0) is 22.7 Å². The Labute approximate surface area is 214 Å². The van der Waals surface area contributed by atoms with Crippen LogP contribution in [0.15, 0.2) is 43.1 Å². The number of anilines is 1. The predicted octanol–water partition coefficient (Wildman–Crippen LogP) is 3.63. The molecule has 0 bridgehead atoms. The summed E-state index contributed by atoms with van der Waals surface area (Å²) in [5, 5.41) is 14.2. The molecule has 0 spiro atoms. The SMILES string of the molecule is CC1c2ncc(COc3cccnc3)n2CCN1c1ncc(F)cn1.O=C(O)C(F)(F)F.O=C(O)C(F)(F)F. The largest absolute Gasteiger partial charge is 0.490 e. The lowest BCUT2D eigenvalue weighted by atomic mass is 10.2. The van der Waals surface area contributed by atoms with Crippen LogP contribution in [0.4, 0.5) is 36.7 Å². The highest BCUT2D eigenvalue weighted by Gasteiger charge is 2.39. The van der Waals surface area contributed by atoms with E-state index >= 15 is 0 Å². The second-order valence-electron chi connectivity index (χ2n) is 7.41. The fourth-order valence-corrected chi connectivity index (χ4v) is 2.99. The van der Waals surface area contributed by atoms with E-state index in [-0.39, 0.29) is 6.04 Å². The van der Waals surface area contributed by atoms with Gasteiger partial charge in [0.15, 0.2) is 5.82 Å². The third kappa shape index (κ3) is 9.08. The van der Waals surface area contributed by atoms with Crippen molar-refractivity contribution in [2.45, 2.75) is 38.5 Å². The first-order valence-electron chi connectivity index (χ1n) is 10.5. The van der Waals surface area contributed by atoms with Gasteiger partial charge in [0.05, 0.1) is 36.5 Å². The van der Waals surface area contributed by atoms with Crippen molar-refractivity contribution in [1.29, 1.82) is 0 Å². The number of nitrogens with zero attached hydrogens (tertiary/aromatic N) is 6. The topological polar surface area (TPSA) is 144 Å². The van der Waals surface area contributed by atoms with E-state index in [0.717, 1.165) is 30.4 Å². The molecule has 11 nitrogen and oxygen atoms in total. The van der Waals surface area contributed by atoms with Crippen LogP contribution in [0.3, 0.4) is 0 Å². The van der Waals surface area contributed by atoms with Gasteiger partial charge in [-0.2, -0.15) is 26.3 Å². The van der Waals surface area contributed by atoms with Gasteiger partial charge in [-0.15, -0.1) is 0 Å². The maximum absolute atomic E-state index is 13.0. The smallest absolute Gasteiger partial charge is 0.486 e. The van der Waals surface area contributed by atoms with E-state index in [1.165, 1.54) is 12.4 Å². The molecule has 3 aromatic heterocycles. The van der Waals surface area contributed by atoms with Crippen molar-refractivity contribution in [3.05, 3.63) is 60.5 Å². The van der Waals surface area contributed by atoms with E-state index in [4.69, 9.17) is 24.5 Å². The Bertz CT molecular complexity index is 1210. The van der Waals surface area contributed by atoms with Gasteiger partial charge in [-0.3, -0.25) is 4.98 Å². The number of imidazole rings is 1. The maximum Gasteiger partial charge on any atom is 0.490 e. The minimum absolute atomic E-state index is 0.00801. The number of carboxylic acid groups (broad SMARTS) is 2. The monoisotopic (exact) mass is 568 g/mol. The van der Waals surface area contributed by atoms with Crippen LogP contribution in [0.2, 0.25) is 0 Å². The minimum atomic E-state index is -5.08. The molecule has 3 aromatic rings. The molecular formula is C21H19F7N6O5. The molecule has 1 aliphatic heterocycles. The number of hydrogen-bond acceptors (Lipinski definition) is 8. The lowest BCUT2D eigenvalue weighted by molar-refractivity contribution is -0.193. The molecule has 0 saturated carbocycles. The first-order chi connectivity index (χ1) is 18.1. The number of halogens is 7. The fraction of sp³-hybridized carbons (Fsp3) is 0.333. The Kier molecular flexibility index (Phi) is 10.1. The second-order valence-corrected chi connectivity index (χ2v) is 7.41. The second kappa shape index (κ2) is 12.8. The molecule has 39 heavy (non-hydrogen) atoms. The van der Waals surface area contributed by atoms with E-state index in [1.54, 1.807) is 12.4 Å². The molecule has 0 fully saturated rings. The fourth-order valence-electron chi connectivity index (χ4n) is 2.99. The van der Waals surface area contributed by atoms with Crippen LogP contribution in [0.1, 0.15) is 24.5 Å². The number of ether oxygens (including phenoxy) is 1. The van der Waals surface area contributed by atoms with Gasteiger partial charge >= 0.3 is 24.3 Å². The zero-order valence-electron chi connectivity index (χ0n) is 19.7. The van der Waals surface area contributed by atoms with Crippen molar-refractivity contribution in [2.24, 2.45) is 0 Å². The minimum Gasteiger partial charge on any atom is -0.486 e. The summed E-state index contributed by atoms with van der Waals surface area (Å²) in [6.07, 6.45) is -2.57. The van der Waals surface area contributed by atoms with Gasteiger partial charge in [-0.25, -0.2) is 28.9 Å². The Morgan fingerprint density at radius 1 is 0.974 bits per heavy atom. The number of alkyl halides is 6. The highest BCUT2D eigenvalue weighted by molar-refractivity contribution is 5.73. The van der Waals surface area contributed by atoms with Crippen molar-refractivity contribution in [3.63, 3.8) is 0 Å². The first kappa shape index (κ1) is 30.7. The van der Waals surface area contributed by atoms with Crippen molar-refractivity contribution >= 4 is 17.9 Å². The zero-order chi connectivity index (χ0) is 29.4. The molecule has 0 radical (unpaired) electrons. The number of hydrogen-bond donors (Lipinski definition) is 2. The summed E-state index contributed by atoms with van der Waals surface area (Å²) in [6, 6.07) is 3.70. The van der Waals surface area contributed by atoms with Crippen molar-refractivity contribution < 1.29 is 55.3 Å². The predicted molar refractivity (Wildman–Crippen MR) is 116 cm³/mol. The number of pyridine rings is 1. The van der Waals surface area contributed by atoms with Gasteiger partial charge in [-0.05, 0) is 19.1 Å². The summed E-state index contributed by atoms with van der Waals surface area (Å²) in [7, 11) is 0. The van der Waals surface area contributed by atoms with Gasteiger partial charge in [0.25, 0.3) is 0 Å². The van der Waals surface area contributed by atoms with E-state index in [2.05, 4.69) is 24.5 Å². The highest BCUT2D eigenvalue weighted by Crippen LogP contribution is 2.28. The molecule has 4 heterocycles. The molecule has 1 unspecified atom stereocenters. The number of aromatic nitrogens is 5. The number of rotatable bonds is 4. The molecule has 1 aliphatic rings. The molecule has 0 aliphatic carbocycles. The van der Waals surface area contributed by atoms with E-state index in [0.29, 0.717) is 12.6 Å². The zero-order valence-corrected chi connectivity index (χ0v) is 19.7. The molecule has 212 valence electrons. The third-order valence-electron chi connectivity index (χ3n) is 4.74. The normalized spacial score (nSPS) is 14.7. The summed E-state index contributed by atoms with van der Waals surface area (Å²) in [5.41, 5.74) is 1.00. The highest BCUT2D eigenvalue weighted by atomic mass is 19.4. The standard InChI is InChI=1S/C17H17FN6O.2C2HF3O2/c1-12-16-20-9-14(11-25-15-3-2-4-19-10-15)24(16)6-5-23(12)17-21-7-13(18)8-22-17;2*3-2(4,5)1(6)7/h2-4,7-10,12H,5-6,11H2,1H3;2*(H,6,7). The molecule has 0 aromatic carbocycles. The van der Waals surface area contributed by atoms with Gasteiger partial charge in [0, 0.05) is 19.3 Å². The Morgan fingerprint density at radius 2 is 1.54 bits per heavy atom. The summed E-state index contributed by atoms with van der Waals surface area (Å²) >= 11 is 0. The van der Waals surface area contributed by atoms with Gasteiger partial charge < -0.3 is 24.4 Å². The molecule has 0 saturated heterocycles. The lowest BCUT2D eigenvalue weighted by Gasteiger charge is -2.34. The van der Waals surface area contributed by atoms with Crippen LogP contribution in [0.5, 0.6) is 5.75 Å². The van der Waals surface area contributed by atoms with Crippen molar-refractivity contribution in [3.8, 4) is 5.75 Å². The number of fused-ring (bicyclic) bond motifs is 1. The number of carbonyl (C=O) groups is 2. The van der Waals surface area contributed by atoms with E-state index < -0.39 is 30.1 Å². The van der Waals surface area contributed by atoms with Crippen LogP contribution in [-0.4, -0.2) is 65.6 Å². The average molecular weight is 568 g/mol. The van der Waals surface area contributed by atoms with E-state index in [9.17, 15) is 30.7 Å². The third-order valence-corrected chi connectivity index (χ3v) is 4.74. The van der Waals surface area contributed by atoms with Gasteiger partial charge in [0.2, 0.25) is 5.95 Å². The van der Waals surface area contributed by atoms with Gasteiger partial charge in [0.1, 0.15) is 18.2 Å². The van der Waals surface area contributed by atoms with Crippen LogP contribution in [0, 0.1) is 5.82 Å². The number of aliphatic carboxylic acids is 2. The van der Waals surface area contributed by atoms with E-state index in [1.807, 2.05) is 30.2 Å². The van der Waals surface area contributed by atoms with Crippen LogP contribution < -0.4 is 9.64 Å². The Hall–Kier alpha value is -4.51. The van der Waals surface area contributed by atoms with Crippen molar-refractivity contribution in [1.82, 2.24) is 24.5 Å².